The van der Waals surface area contributed by atoms with E-state index in [4.69, 9.17) is 9.47 Å². The molecule has 0 spiro atoms. The number of halogens is 1. The van der Waals surface area contributed by atoms with E-state index in [1.54, 1.807) is 25.5 Å². The van der Waals surface area contributed by atoms with Crippen molar-refractivity contribution in [2.75, 3.05) is 12.5 Å². The molecular weight excluding hydrogens is 486 g/mol. The molecule has 33 heavy (non-hydrogen) atoms. The molecule has 0 bridgehead atoms. The molecule has 0 amide bonds. The van der Waals surface area contributed by atoms with Gasteiger partial charge in [0.2, 0.25) is 0 Å². The van der Waals surface area contributed by atoms with Gasteiger partial charge in [0, 0.05) is 12.1 Å². The molecule has 0 aliphatic rings. The number of nitro benzene ring substituents is 1. The summed E-state index contributed by atoms with van der Waals surface area (Å²) in [5.74, 6) is 1.17. The van der Waals surface area contributed by atoms with Crippen LogP contribution in [-0.4, -0.2) is 18.2 Å². The Hall–Kier alpha value is -3.91. The van der Waals surface area contributed by atoms with Gasteiger partial charge >= 0.3 is 0 Å². The molecule has 1 N–H and O–H groups in total. The maximum atomic E-state index is 10.7. The van der Waals surface area contributed by atoms with Crippen LogP contribution in [0.2, 0.25) is 0 Å². The van der Waals surface area contributed by atoms with Gasteiger partial charge in [0.15, 0.2) is 11.5 Å². The molecule has 8 heteroatoms. The highest BCUT2D eigenvalue weighted by Crippen LogP contribution is 2.37. The first-order valence-electron chi connectivity index (χ1n) is 10.0. The molecule has 7 nitrogen and oxygen atoms in total. The summed E-state index contributed by atoms with van der Waals surface area (Å²) in [6, 6.07) is 24.1. The number of fused-ring (bicyclic) bond motifs is 1. The molecule has 0 aromatic heterocycles. The minimum absolute atomic E-state index is 0.0254. The van der Waals surface area contributed by atoms with Gasteiger partial charge in [-0.25, -0.2) is 0 Å². The molecule has 0 saturated carbocycles. The lowest BCUT2D eigenvalue weighted by atomic mass is 10.1. The summed E-state index contributed by atoms with van der Waals surface area (Å²) < 4.78 is 12.3. The molecule has 0 aliphatic heterocycles. The number of methoxy groups -OCH3 is 1. The summed E-state index contributed by atoms with van der Waals surface area (Å²) in [6.45, 7) is 0.398. The summed E-state index contributed by atoms with van der Waals surface area (Å²) >= 11 is 3.56. The van der Waals surface area contributed by atoms with E-state index in [1.807, 2.05) is 30.3 Å². The van der Waals surface area contributed by atoms with E-state index in [2.05, 4.69) is 50.7 Å². The van der Waals surface area contributed by atoms with E-state index in [-0.39, 0.29) is 5.69 Å². The van der Waals surface area contributed by atoms with Gasteiger partial charge in [-0.05, 0) is 68.2 Å². The molecule has 0 atom stereocenters. The minimum atomic E-state index is -0.444. The maximum absolute atomic E-state index is 10.7. The van der Waals surface area contributed by atoms with Gasteiger partial charge in [0.25, 0.3) is 5.69 Å². The lowest BCUT2D eigenvalue weighted by Gasteiger charge is -2.14. The van der Waals surface area contributed by atoms with Gasteiger partial charge in [-0.1, -0.05) is 36.4 Å². The Kier molecular flexibility index (Phi) is 6.85. The average Bonchev–Trinajstić information content (AvgIpc) is 2.83. The fourth-order valence-electron chi connectivity index (χ4n) is 3.28. The Morgan fingerprint density at radius 1 is 1.03 bits per heavy atom. The number of nitro groups is 1. The number of hydrogen-bond donors (Lipinski definition) is 1. The molecule has 0 fully saturated rings. The van der Waals surface area contributed by atoms with E-state index >= 15 is 0 Å². The van der Waals surface area contributed by atoms with Crippen LogP contribution in [0, 0.1) is 10.1 Å². The van der Waals surface area contributed by atoms with Crippen LogP contribution >= 0.6 is 15.9 Å². The zero-order chi connectivity index (χ0) is 23.2. The van der Waals surface area contributed by atoms with Crippen LogP contribution in [0.3, 0.4) is 0 Å². The Balaban J connectivity index is 1.45. The summed E-state index contributed by atoms with van der Waals surface area (Å²) in [5.41, 5.74) is 5.35. The maximum Gasteiger partial charge on any atom is 0.269 e. The van der Waals surface area contributed by atoms with Gasteiger partial charge in [0.1, 0.15) is 6.61 Å². The number of anilines is 1. The number of benzene rings is 4. The Labute approximate surface area is 198 Å². The van der Waals surface area contributed by atoms with Gasteiger partial charge in [-0.3, -0.25) is 15.5 Å². The van der Waals surface area contributed by atoms with Gasteiger partial charge < -0.3 is 9.47 Å². The van der Waals surface area contributed by atoms with Crippen molar-refractivity contribution in [2.45, 2.75) is 6.61 Å². The first-order chi connectivity index (χ1) is 16.0. The molecule has 166 valence electrons. The smallest absolute Gasteiger partial charge is 0.269 e. The Morgan fingerprint density at radius 3 is 2.52 bits per heavy atom. The van der Waals surface area contributed by atoms with E-state index in [1.165, 1.54) is 17.5 Å². The molecule has 0 saturated heterocycles. The number of hydrazone groups is 1. The fourth-order valence-corrected chi connectivity index (χ4v) is 3.85. The second-order valence-corrected chi connectivity index (χ2v) is 8.03. The fraction of sp³-hybridized carbons (Fsp3) is 0.0800. The first-order valence-corrected chi connectivity index (χ1v) is 10.8. The van der Waals surface area contributed by atoms with Crippen LogP contribution < -0.4 is 14.9 Å². The van der Waals surface area contributed by atoms with E-state index in [9.17, 15) is 10.1 Å². The highest BCUT2D eigenvalue weighted by atomic mass is 79.9. The van der Waals surface area contributed by atoms with Gasteiger partial charge in [-0.15, -0.1) is 0 Å². The van der Waals surface area contributed by atoms with Crippen molar-refractivity contribution >= 4 is 44.3 Å². The summed E-state index contributed by atoms with van der Waals surface area (Å²) in [7, 11) is 1.58. The molecule has 0 aliphatic carbocycles. The second-order valence-electron chi connectivity index (χ2n) is 7.18. The Bertz CT molecular complexity index is 1320. The predicted octanol–water partition coefficient (Wildman–Crippen LogP) is 6.54. The van der Waals surface area contributed by atoms with Crippen LogP contribution in [0.15, 0.2) is 88.4 Å². The molecule has 4 rings (SSSR count). The van der Waals surface area contributed by atoms with Crippen molar-refractivity contribution in [3.63, 3.8) is 0 Å². The lowest BCUT2D eigenvalue weighted by molar-refractivity contribution is -0.384. The van der Waals surface area contributed by atoms with Crippen molar-refractivity contribution in [2.24, 2.45) is 5.10 Å². The van der Waals surface area contributed by atoms with Gasteiger partial charge in [-0.2, -0.15) is 5.10 Å². The minimum Gasteiger partial charge on any atom is -0.493 e. The number of rotatable bonds is 8. The van der Waals surface area contributed by atoms with E-state index in [0.717, 1.165) is 21.0 Å². The Morgan fingerprint density at radius 2 is 1.79 bits per heavy atom. The van der Waals surface area contributed by atoms with Crippen LogP contribution in [0.5, 0.6) is 11.5 Å². The molecule has 4 aromatic rings. The predicted molar refractivity (Wildman–Crippen MR) is 133 cm³/mol. The van der Waals surface area contributed by atoms with E-state index < -0.39 is 4.92 Å². The standard InChI is InChI=1S/C25H20BrN3O4/c1-32-24-14-18(15-27-28-21-8-10-22(11-9-21)29(30)31)13-23(26)25(24)33-16-17-6-7-19-4-2-3-5-20(19)12-17/h2-15,28H,16H2,1H3/b27-15+. The van der Waals surface area contributed by atoms with Gasteiger partial charge in [0.05, 0.1) is 28.4 Å². The van der Waals surface area contributed by atoms with Crippen molar-refractivity contribution in [3.8, 4) is 11.5 Å². The van der Waals surface area contributed by atoms with Crippen LogP contribution in [0.25, 0.3) is 10.8 Å². The number of non-ortho nitro benzene ring substituents is 1. The third-order valence-corrected chi connectivity index (χ3v) is 5.52. The normalized spacial score (nSPS) is 11.0. The van der Waals surface area contributed by atoms with Crippen LogP contribution in [0.1, 0.15) is 11.1 Å². The summed E-state index contributed by atoms with van der Waals surface area (Å²) in [5, 5.41) is 17.3. The largest absolute Gasteiger partial charge is 0.493 e. The third-order valence-electron chi connectivity index (χ3n) is 4.93. The number of hydrogen-bond acceptors (Lipinski definition) is 6. The van der Waals surface area contributed by atoms with Crippen molar-refractivity contribution < 1.29 is 14.4 Å². The molecule has 0 radical (unpaired) electrons. The average molecular weight is 506 g/mol. The number of nitrogens with one attached hydrogen (secondary N) is 1. The van der Waals surface area contributed by atoms with Crippen molar-refractivity contribution in [1.82, 2.24) is 0 Å². The quantitative estimate of drug-likeness (QED) is 0.167. The second kappa shape index (κ2) is 10.1. The lowest BCUT2D eigenvalue weighted by Crippen LogP contribution is -2.00. The first kappa shape index (κ1) is 22.3. The van der Waals surface area contributed by atoms with Crippen LogP contribution in [0.4, 0.5) is 11.4 Å². The third kappa shape index (κ3) is 5.48. The SMILES string of the molecule is COc1cc(/C=N/Nc2ccc([N+](=O)[O-])cc2)cc(Br)c1OCc1ccc2ccccc2c1. The molecule has 4 aromatic carbocycles. The van der Waals surface area contributed by atoms with Crippen molar-refractivity contribution in [1.29, 1.82) is 0 Å². The monoisotopic (exact) mass is 505 g/mol. The van der Waals surface area contributed by atoms with Crippen molar-refractivity contribution in [3.05, 3.63) is 105 Å². The molecule has 0 heterocycles. The highest BCUT2D eigenvalue weighted by Gasteiger charge is 2.12. The summed E-state index contributed by atoms with van der Waals surface area (Å²) in [6.07, 6.45) is 1.63. The number of ether oxygens (including phenoxy) is 2. The highest BCUT2D eigenvalue weighted by molar-refractivity contribution is 9.10. The summed E-state index contributed by atoms with van der Waals surface area (Å²) in [4.78, 5) is 10.3. The van der Waals surface area contributed by atoms with Crippen LogP contribution in [-0.2, 0) is 6.61 Å². The van der Waals surface area contributed by atoms with E-state index in [0.29, 0.717) is 23.8 Å². The topological polar surface area (TPSA) is 86.0 Å². The zero-order valence-corrected chi connectivity index (χ0v) is 19.3. The molecule has 0 unspecified atom stereocenters. The zero-order valence-electron chi connectivity index (χ0n) is 17.7. The number of nitrogens with zero attached hydrogens (tertiary/aromatic N) is 2. The molecular formula is C25H20BrN3O4.